The average molecular weight is 376 g/mol. The number of benzene rings is 2. The number of hydrogen-bond donors (Lipinski definition) is 0. The van der Waals surface area contributed by atoms with Crippen LogP contribution in [0.4, 0.5) is 0 Å². The zero-order valence-corrected chi connectivity index (χ0v) is 15.9. The van der Waals surface area contributed by atoms with E-state index in [1.165, 1.54) is 0 Å². The highest BCUT2D eigenvalue weighted by molar-refractivity contribution is 6.42. The average Bonchev–Trinajstić information content (AvgIpc) is 2.87. The maximum atomic E-state index is 12.8. The minimum Gasteiger partial charge on any atom is -0.290 e. The van der Waals surface area contributed by atoms with E-state index in [2.05, 4.69) is 35.2 Å². The molecule has 0 aliphatic heterocycles. The molecule has 3 aromatic rings. The largest absolute Gasteiger partial charge is 0.290 e. The summed E-state index contributed by atoms with van der Waals surface area (Å²) < 4.78 is 4.31. The van der Waals surface area contributed by atoms with Crippen molar-refractivity contribution in [2.45, 2.75) is 32.7 Å². The Morgan fingerprint density at radius 2 is 1.88 bits per heavy atom. The summed E-state index contributed by atoms with van der Waals surface area (Å²) in [5, 5.41) is 0.862. The SMILES string of the molecule is CCCCc1n(CC(=O)c2ccc(Cl)c(Cl)c2)c2ccccc2[n+]1C. The summed E-state index contributed by atoms with van der Waals surface area (Å²) in [4.78, 5) is 12.8. The molecular weight excluding hydrogens is 355 g/mol. The molecule has 0 atom stereocenters. The van der Waals surface area contributed by atoms with Gasteiger partial charge in [0.15, 0.2) is 17.6 Å². The third kappa shape index (κ3) is 3.58. The summed E-state index contributed by atoms with van der Waals surface area (Å²) in [5.41, 5.74) is 2.79. The van der Waals surface area contributed by atoms with Crippen LogP contribution in [0.15, 0.2) is 42.5 Å². The minimum atomic E-state index is 0.0256. The van der Waals surface area contributed by atoms with Gasteiger partial charge < -0.3 is 0 Å². The van der Waals surface area contributed by atoms with Crippen LogP contribution in [0.5, 0.6) is 0 Å². The highest BCUT2D eigenvalue weighted by Gasteiger charge is 2.24. The smallest absolute Gasteiger partial charge is 0.257 e. The van der Waals surface area contributed by atoms with Gasteiger partial charge in [0.1, 0.15) is 0 Å². The molecule has 0 aliphatic rings. The lowest BCUT2D eigenvalue weighted by Gasteiger charge is -2.04. The van der Waals surface area contributed by atoms with Gasteiger partial charge in [-0.3, -0.25) is 4.79 Å². The normalized spacial score (nSPS) is 11.2. The Balaban J connectivity index is 2.01. The van der Waals surface area contributed by atoms with Gasteiger partial charge in [0.05, 0.1) is 17.1 Å². The first-order valence-electron chi connectivity index (χ1n) is 8.47. The number of ketones is 1. The van der Waals surface area contributed by atoms with Gasteiger partial charge in [-0.05, 0) is 36.8 Å². The predicted molar refractivity (Wildman–Crippen MR) is 103 cm³/mol. The van der Waals surface area contributed by atoms with Crippen molar-refractivity contribution >= 4 is 40.0 Å². The van der Waals surface area contributed by atoms with E-state index < -0.39 is 0 Å². The number of halogens is 2. The van der Waals surface area contributed by atoms with Crippen LogP contribution < -0.4 is 4.57 Å². The van der Waals surface area contributed by atoms with Crippen LogP contribution in [0.25, 0.3) is 11.0 Å². The number of rotatable bonds is 6. The second kappa shape index (κ2) is 7.59. The molecule has 1 heterocycles. The Labute approximate surface area is 157 Å². The fourth-order valence-corrected chi connectivity index (χ4v) is 3.45. The Morgan fingerprint density at radius 1 is 1.12 bits per heavy atom. The van der Waals surface area contributed by atoms with E-state index in [4.69, 9.17) is 23.2 Å². The van der Waals surface area contributed by atoms with Crippen molar-refractivity contribution in [3.63, 3.8) is 0 Å². The summed E-state index contributed by atoms with van der Waals surface area (Å²) in [6.45, 7) is 2.46. The molecule has 0 saturated carbocycles. The summed E-state index contributed by atoms with van der Waals surface area (Å²) in [5.74, 6) is 1.19. The second-order valence-electron chi connectivity index (χ2n) is 6.21. The molecule has 0 amide bonds. The number of nitrogens with zero attached hydrogens (tertiary/aromatic N) is 2. The van der Waals surface area contributed by atoms with E-state index in [1.54, 1.807) is 18.2 Å². The van der Waals surface area contributed by atoms with E-state index in [9.17, 15) is 4.79 Å². The number of unbranched alkanes of at least 4 members (excludes halogenated alkanes) is 1. The van der Waals surface area contributed by atoms with Crippen LogP contribution in [0.3, 0.4) is 0 Å². The third-order valence-corrected chi connectivity index (χ3v) is 5.27. The summed E-state index contributed by atoms with van der Waals surface area (Å²) >= 11 is 12.0. The molecule has 0 aliphatic carbocycles. The molecule has 3 nitrogen and oxygen atoms in total. The molecule has 0 saturated heterocycles. The fourth-order valence-electron chi connectivity index (χ4n) is 3.15. The quantitative estimate of drug-likeness (QED) is 0.439. The number of Topliss-reactive ketones (excluding diaryl/α,β-unsaturated/α-hetero) is 1. The number of para-hydroxylation sites is 2. The van der Waals surface area contributed by atoms with E-state index in [0.29, 0.717) is 22.2 Å². The van der Waals surface area contributed by atoms with Crippen molar-refractivity contribution in [2.24, 2.45) is 7.05 Å². The lowest BCUT2D eigenvalue weighted by Crippen LogP contribution is -2.33. The predicted octanol–water partition coefficient (Wildman–Crippen LogP) is 5.00. The van der Waals surface area contributed by atoms with Crippen LogP contribution in [-0.2, 0) is 20.0 Å². The van der Waals surface area contributed by atoms with Gasteiger partial charge >= 0.3 is 0 Å². The van der Waals surface area contributed by atoms with Crippen molar-refractivity contribution < 1.29 is 9.36 Å². The minimum absolute atomic E-state index is 0.0256. The lowest BCUT2D eigenvalue weighted by atomic mass is 10.1. The van der Waals surface area contributed by atoms with E-state index >= 15 is 0 Å². The van der Waals surface area contributed by atoms with Gasteiger partial charge in [-0.15, -0.1) is 0 Å². The molecule has 0 bridgehead atoms. The van der Waals surface area contributed by atoms with E-state index in [1.807, 2.05) is 12.1 Å². The number of fused-ring (bicyclic) bond motifs is 1. The first-order valence-corrected chi connectivity index (χ1v) is 9.23. The van der Waals surface area contributed by atoms with Crippen LogP contribution in [0.1, 0.15) is 35.9 Å². The van der Waals surface area contributed by atoms with E-state index in [0.717, 1.165) is 36.1 Å². The van der Waals surface area contributed by atoms with Gasteiger partial charge in [0, 0.05) is 12.0 Å². The maximum Gasteiger partial charge on any atom is 0.257 e. The first-order chi connectivity index (χ1) is 12.0. The monoisotopic (exact) mass is 375 g/mol. The van der Waals surface area contributed by atoms with E-state index in [-0.39, 0.29) is 5.78 Å². The van der Waals surface area contributed by atoms with Crippen LogP contribution in [-0.4, -0.2) is 10.4 Å². The fraction of sp³-hybridized carbons (Fsp3) is 0.300. The molecule has 0 N–H and O–H groups in total. The molecule has 0 unspecified atom stereocenters. The number of carbonyl (C=O) groups is 1. The number of imidazole rings is 1. The van der Waals surface area contributed by atoms with Crippen molar-refractivity contribution in [3.8, 4) is 0 Å². The molecule has 5 heteroatoms. The molecule has 0 fully saturated rings. The molecule has 1 aromatic heterocycles. The van der Waals surface area contributed by atoms with Gasteiger partial charge in [-0.2, -0.15) is 0 Å². The number of hydrogen-bond acceptors (Lipinski definition) is 1. The molecule has 0 radical (unpaired) electrons. The zero-order valence-electron chi connectivity index (χ0n) is 14.4. The summed E-state index contributed by atoms with van der Waals surface area (Å²) in [6.07, 6.45) is 3.14. The Hall–Kier alpha value is -1.84. The molecule has 0 spiro atoms. The zero-order chi connectivity index (χ0) is 18.0. The van der Waals surface area contributed by atoms with Gasteiger partial charge in [-0.1, -0.05) is 48.7 Å². The standard InChI is InChI=1S/C20H21Cl2N2O/c1-3-4-9-20-23(2)17-7-5-6-8-18(17)24(20)13-19(25)14-10-11-15(21)16(22)12-14/h5-8,10-12H,3-4,9,13H2,1-2H3/q+1. The summed E-state index contributed by atoms with van der Waals surface area (Å²) in [7, 11) is 2.06. The maximum absolute atomic E-state index is 12.8. The number of aryl methyl sites for hydroxylation is 1. The lowest BCUT2D eigenvalue weighted by molar-refractivity contribution is -0.654. The van der Waals surface area contributed by atoms with Crippen molar-refractivity contribution in [1.29, 1.82) is 0 Å². The topological polar surface area (TPSA) is 25.9 Å². The van der Waals surface area contributed by atoms with Crippen molar-refractivity contribution in [1.82, 2.24) is 4.57 Å². The van der Waals surface area contributed by atoms with Gasteiger partial charge in [-0.25, -0.2) is 9.13 Å². The third-order valence-electron chi connectivity index (χ3n) is 4.53. The Bertz CT molecular complexity index is 931. The Kier molecular flexibility index (Phi) is 5.45. The van der Waals surface area contributed by atoms with Gasteiger partial charge in [0.25, 0.3) is 5.82 Å². The molecule has 130 valence electrons. The van der Waals surface area contributed by atoms with Crippen LogP contribution >= 0.6 is 23.2 Å². The molecular formula is C20H21Cl2N2O+. The highest BCUT2D eigenvalue weighted by atomic mass is 35.5. The number of aromatic nitrogens is 2. The van der Waals surface area contributed by atoms with Crippen molar-refractivity contribution in [3.05, 3.63) is 63.9 Å². The molecule has 25 heavy (non-hydrogen) atoms. The highest BCUT2D eigenvalue weighted by Crippen LogP contribution is 2.23. The van der Waals surface area contributed by atoms with Crippen molar-refractivity contribution in [2.75, 3.05) is 0 Å². The Morgan fingerprint density at radius 3 is 2.60 bits per heavy atom. The van der Waals surface area contributed by atoms with Gasteiger partial charge in [0.2, 0.25) is 5.78 Å². The summed E-state index contributed by atoms with van der Waals surface area (Å²) in [6, 6.07) is 13.2. The number of carbonyl (C=O) groups excluding carboxylic acids is 1. The molecule has 2 aromatic carbocycles. The first kappa shape index (κ1) is 18.0. The molecule has 3 rings (SSSR count). The van der Waals surface area contributed by atoms with Crippen LogP contribution in [0, 0.1) is 0 Å². The second-order valence-corrected chi connectivity index (χ2v) is 7.02. The van der Waals surface area contributed by atoms with Crippen LogP contribution in [0.2, 0.25) is 10.0 Å².